The maximum Gasteiger partial charge on any atom is 0.129 e. The first-order chi connectivity index (χ1) is 9.24. The van der Waals surface area contributed by atoms with Crippen molar-refractivity contribution in [2.75, 3.05) is 0 Å². The summed E-state index contributed by atoms with van der Waals surface area (Å²) in [5.74, 6) is 0. The van der Waals surface area contributed by atoms with E-state index in [4.69, 9.17) is 11.6 Å². The van der Waals surface area contributed by atoms with E-state index in [-0.39, 0.29) is 0 Å². The molecule has 0 aliphatic heterocycles. The normalized spacial score (nSPS) is 12.7. The zero-order chi connectivity index (χ0) is 13.2. The second-order valence-electron chi connectivity index (χ2n) is 4.39. The largest absolute Gasteiger partial charge is 0.388 e. The third-order valence-electron chi connectivity index (χ3n) is 3.11. The predicted octanol–water partition coefficient (Wildman–Crippen LogP) is 4.23. The first-order valence-electron chi connectivity index (χ1n) is 5.98. The molecule has 1 N–H and O–H groups in total. The van der Waals surface area contributed by atoms with E-state index in [0.717, 1.165) is 5.56 Å². The van der Waals surface area contributed by atoms with Crippen LogP contribution in [0.5, 0.6) is 0 Å². The molecule has 2 heterocycles. The highest BCUT2D eigenvalue weighted by molar-refractivity contribution is 7.17. The second kappa shape index (κ2) is 5.29. The monoisotopic (exact) mass is 289 g/mol. The van der Waals surface area contributed by atoms with Gasteiger partial charge in [-0.25, -0.2) is 4.98 Å². The average Bonchev–Trinajstić information content (AvgIpc) is 2.82. The summed E-state index contributed by atoms with van der Waals surface area (Å²) < 4.78 is 1.25. The van der Waals surface area contributed by atoms with E-state index in [1.54, 1.807) is 29.7 Å². The van der Waals surface area contributed by atoms with E-state index in [1.807, 2.05) is 12.1 Å². The Morgan fingerprint density at radius 2 is 2.11 bits per heavy atom. The molecule has 0 amide bonds. The lowest BCUT2D eigenvalue weighted by Crippen LogP contribution is -2.01. The Kier molecular flexibility index (Phi) is 3.51. The van der Waals surface area contributed by atoms with Crippen LogP contribution in [0.3, 0.4) is 0 Å². The molecule has 96 valence electrons. The van der Waals surface area contributed by atoms with Crippen molar-refractivity contribution in [1.29, 1.82) is 0 Å². The zero-order valence-electron chi connectivity index (χ0n) is 10.1. The third kappa shape index (κ3) is 2.63. The molecule has 0 spiro atoms. The Balaban J connectivity index is 1.89. The lowest BCUT2D eigenvalue weighted by Gasteiger charge is -2.10. The van der Waals surface area contributed by atoms with Gasteiger partial charge in [0.05, 0.1) is 6.10 Å². The van der Waals surface area contributed by atoms with Gasteiger partial charge in [-0.1, -0.05) is 29.8 Å². The van der Waals surface area contributed by atoms with Crippen molar-refractivity contribution in [2.45, 2.75) is 12.5 Å². The summed E-state index contributed by atoms with van der Waals surface area (Å²) >= 11 is 7.55. The summed E-state index contributed by atoms with van der Waals surface area (Å²) in [7, 11) is 0. The average molecular weight is 290 g/mol. The molecular formula is C15H12ClNOS. The molecule has 3 rings (SSSR count). The predicted molar refractivity (Wildman–Crippen MR) is 79.7 cm³/mol. The highest BCUT2D eigenvalue weighted by Gasteiger charge is 2.12. The molecule has 0 aliphatic carbocycles. The molecular weight excluding hydrogens is 278 g/mol. The smallest absolute Gasteiger partial charge is 0.129 e. The molecule has 2 aromatic heterocycles. The minimum atomic E-state index is -0.557. The van der Waals surface area contributed by atoms with Gasteiger partial charge in [0, 0.05) is 17.3 Å². The molecule has 0 saturated carbocycles. The maximum atomic E-state index is 10.3. The van der Waals surface area contributed by atoms with E-state index in [0.29, 0.717) is 11.6 Å². The number of aliphatic hydroxyl groups excluding tert-OH is 1. The Morgan fingerprint density at radius 3 is 2.95 bits per heavy atom. The van der Waals surface area contributed by atoms with E-state index < -0.39 is 6.10 Å². The number of thiophene rings is 1. The minimum absolute atomic E-state index is 0.409. The van der Waals surface area contributed by atoms with Crippen LogP contribution in [0, 0.1) is 0 Å². The number of hydrogen-bond donors (Lipinski definition) is 1. The van der Waals surface area contributed by atoms with Gasteiger partial charge in [-0.15, -0.1) is 11.3 Å². The Bertz CT molecular complexity index is 710. The van der Waals surface area contributed by atoms with Gasteiger partial charge in [-0.2, -0.15) is 0 Å². The van der Waals surface area contributed by atoms with Crippen LogP contribution in [-0.2, 0) is 6.42 Å². The molecule has 0 bridgehead atoms. The van der Waals surface area contributed by atoms with Crippen molar-refractivity contribution in [1.82, 2.24) is 4.98 Å². The number of aromatic nitrogens is 1. The lowest BCUT2D eigenvalue weighted by molar-refractivity contribution is 0.179. The Labute approximate surface area is 120 Å². The van der Waals surface area contributed by atoms with Crippen molar-refractivity contribution in [3.05, 3.63) is 64.3 Å². The highest BCUT2D eigenvalue weighted by atomic mass is 35.5. The van der Waals surface area contributed by atoms with E-state index in [1.165, 1.54) is 15.6 Å². The van der Waals surface area contributed by atoms with Gasteiger partial charge in [0.15, 0.2) is 0 Å². The van der Waals surface area contributed by atoms with Crippen molar-refractivity contribution < 1.29 is 5.11 Å². The van der Waals surface area contributed by atoms with E-state index in [2.05, 4.69) is 22.5 Å². The number of aliphatic hydroxyl groups is 1. The van der Waals surface area contributed by atoms with E-state index >= 15 is 0 Å². The molecule has 0 fully saturated rings. The number of fused-ring (bicyclic) bond motifs is 1. The standard InChI is InChI=1S/C15H12ClNOS/c16-15-8-10(5-6-17-15)13(18)7-11-9-19-14-4-2-1-3-12(11)14/h1-6,8-9,13,18H,7H2. The van der Waals surface area contributed by atoms with Crippen LogP contribution in [0.2, 0.25) is 5.15 Å². The fourth-order valence-corrected chi connectivity index (χ4v) is 3.30. The fraction of sp³-hybridized carbons (Fsp3) is 0.133. The number of hydrogen-bond acceptors (Lipinski definition) is 3. The second-order valence-corrected chi connectivity index (χ2v) is 5.69. The van der Waals surface area contributed by atoms with Crippen LogP contribution in [0.1, 0.15) is 17.2 Å². The summed E-state index contributed by atoms with van der Waals surface area (Å²) in [5.41, 5.74) is 1.97. The van der Waals surface area contributed by atoms with Crippen LogP contribution in [0.15, 0.2) is 48.0 Å². The van der Waals surface area contributed by atoms with Gasteiger partial charge in [-0.05, 0) is 40.1 Å². The van der Waals surface area contributed by atoms with Crippen LogP contribution in [-0.4, -0.2) is 10.1 Å². The van der Waals surface area contributed by atoms with Gasteiger partial charge in [0.25, 0.3) is 0 Å². The number of pyridine rings is 1. The number of halogens is 1. The summed E-state index contributed by atoms with van der Waals surface area (Å²) in [5, 5.41) is 14.0. The van der Waals surface area contributed by atoms with Gasteiger partial charge >= 0.3 is 0 Å². The quantitative estimate of drug-likeness (QED) is 0.732. The minimum Gasteiger partial charge on any atom is -0.388 e. The Morgan fingerprint density at radius 1 is 1.26 bits per heavy atom. The van der Waals surface area contributed by atoms with Crippen LogP contribution < -0.4 is 0 Å². The number of benzene rings is 1. The number of nitrogens with zero attached hydrogens (tertiary/aromatic N) is 1. The first kappa shape index (κ1) is 12.6. The van der Waals surface area contributed by atoms with Crippen LogP contribution in [0.25, 0.3) is 10.1 Å². The number of rotatable bonds is 3. The van der Waals surface area contributed by atoms with Crippen LogP contribution >= 0.6 is 22.9 Å². The van der Waals surface area contributed by atoms with Gasteiger partial charge in [0.2, 0.25) is 0 Å². The van der Waals surface area contributed by atoms with Gasteiger partial charge in [-0.3, -0.25) is 0 Å². The molecule has 1 aromatic carbocycles. The summed E-state index contributed by atoms with van der Waals surface area (Å²) in [4.78, 5) is 3.93. The molecule has 1 atom stereocenters. The molecule has 1 unspecified atom stereocenters. The SMILES string of the molecule is OC(Cc1csc2ccccc12)c1ccnc(Cl)c1. The lowest BCUT2D eigenvalue weighted by atomic mass is 10.0. The van der Waals surface area contributed by atoms with Gasteiger partial charge in [0.1, 0.15) is 5.15 Å². The van der Waals surface area contributed by atoms with Crippen LogP contribution in [0.4, 0.5) is 0 Å². The molecule has 0 aliphatic rings. The molecule has 2 nitrogen and oxygen atoms in total. The van der Waals surface area contributed by atoms with Crippen molar-refractivity contribution in [3.8, 4) is 0 Å². The zero-order valence-corrected chi connectivity index (χ0v) is 11.7. The van der Waals surface area contributed by atoms with Crippen molar-refractivity contribution in [3.63, 3.8) is 0 Å². The molecule has 19 heavy (non-hydrogen) atoms. The van der Waals surface area contributed by atoms with Crippen molar-refractivity contribution >= 4 is 33.0 Å². The Hall–Kier alpha value is -1.42. The summed E-state index contributed by atoms with van der Waals surface area (Å²) in [6.07, 6.45) is 1.65. The molecule has 4 heteroatoms. The molecule has 0 radical (unpaired) electrons. The topological polar surface area (TPSA) is 33.1 Å². The first-order valence-corrected chi connectivity index (χ1v) is 7.24. The third-order valence-corrected chi connectivity index (χ3v) is 4.33. The summed E-state index contributed by atoms with van der Waals surface area (Å²) in [6, 6.07) is 11.7. The maximum absolute atomic E-state index is 10.3. The van der Waals surface area contributed by atoms with Gasteiger partial charge < -0.3 is 5.11 Å². The molecule has 0 saturated heterocycles. The van der Waals surface area contributed by atoms with Crippen molar-refractivity contribution in [2.24, 2.45) is 0 Å². The highest BCUT2D eigenvalue weighted by Crippen LogP contribution is 2.29. The molecule has 3 aromatic rings. The fourth-order valence-electron chi connectivity index (χ4n) is 2.14. The summed E-state index contributed by atoms with van der Waals surface area (Å²) in [6.45, 7) is 0. The van der Waals surface area contributed by atoms with E-state index in [9.17, 15) is 5.11 Å².